The summed E-state index contributed by atoms with van der Waals surface area (Å²) in [5, 5.41) is 8.29. The molecule has 0 aliphatic carbocycles. The molecule has 1 aliphatic rings. The van der Waals surface area contributed by atoms with Gasteiger partial charge in [-0.2, -0.15) is 5.10 Å². The molecule has 8 heteroatoms. The molecule has 1 aromatic carbocycles. The van der Waals surface area contributed by atoms with Crippen LogP contribution in [0.3, 0.4) is 0 Å². The number of rotatable bonds is 4. The number of anilines is 2. The van der Waals surface area contributed by atoms with Crippen molar-refractivity contribution in [3.05, 3.63) is 41.9 Å². The van der Waals surface area contributed by atoms with E-state index in [4.69, 9.17) is 0 Å². The van der Waals surface area contributed by atoms with Crippen LogP contribution in [0.5, 0.6) is 0 Å². The van der Waals surface area contributed by atoms with Crippen molar-refractivity contribution >= 4 is 28.4 Å². The maximum absolute atomic E-state index is 12.5. The molecule has 28 heavy (non-hydrogen) atoms. The topological polar surface area (TPSA) is 79.2 Å². The van der Waals surface area contributed by atoms with Crippen LogP contribution in [-0.4, -0.2) is 63.3 Å². The molecule has 0 unspecified atom stereocenters. The monoisotopic (exact) mass is 379 g/mol. The van der Waals surface area contributed by atoms with Gasteiger partial charge in [0.2, 0.25) is 5.91 Å². The van der Waals surface area contributed by atoms with E-state index in [-0.39, 0.29) is 5.91 Å². The quantitative estimate of drug-likeness (QED) is 0.744. The predicted octanol–water partition coefficient (Wildman–Crippen LogP) is 1.74. The van der Waals surface area contributed by atoms with E-state index < -0.39 is 0 Å². The third kappa shape index (κ3) is 3.68. The molecule has 1 aliphatic heterocycles. The van der Waals surface area contributed by atoms with E-state index in [0.29, 0.717) is 6.54 Å². The largest absolute Gasteiger partial charge is 0.353 e. The summed E-state index contributed by atoms with van der Waals surface area (Å²) in [4.78, 5) is 25.7. The molecule has 8 nitrogen and oxygen atoms in total. The minimum atomic E-state index is 0.0267. The Balaban J connectivity index is 1.36. The number of amides is 1. The molecule has 1 N–H and O–H groups in total. The van der Waals surface area contributed by atoms with Gasteiger partial charge in [-0.25, -0.2) is 9.97 Å². The van der Waals surface area contributed by atoms with Gasteiger partial charge in [-0.05, 0) is 31.0 Å². The van der Waals surface area contributed by atoms with E-state index in [2.05, 4.69) is 36.2 Å². The smallest absolute Gasteiger partial charge is 0.238 e. The van der Waals surface area contributed by atoms with Gasteiger partial charge in [-0.15, -0.1) is 0 Å². The van der Waals surface area contributed by atoms with Crippen LogP contribution in [0, 0.1) is 13.8 Å². The lowest BCUT2D eigenvalue weighted by Crippen LogP contribution is -2.49. The number of hydrogen-bond donors (Lipinski definition) is 1. The maximum Gasteiger partial charge on any atom is 0.238 e. The second-order valence-electron chi connectivity index (χ2n) is 7.33. The van der Waals surface area contributed by atoms with E-state index in [1.54, 1.807) is 11.0 Å². The number of carbonyl (C=O) groups excluding carboxylic acids is 1. The summed E-state index contributed by atoms with van der Waals surface area (Å²) in [7, 11) is 1.88. The molecule has 2 aromatic heterocycles. The number of piperazine rings is 1. The van der Waals surface area contributed by atoms with Crippen LogP contribution in [0.4, 0.5) is 11.5 Å². The van der Waals surface area contributed by atoms with Crippen molar-refractivity contribution in [2.45, 2.75) is 13.8 Å². The van der Waals surface area contributed by atoms with Crippen LogP contribution in [0.2, 0.25) is 0 Å². The molecule has 0 spiro atoms. The molecular formula is C20H25N7O. The Labute approximate surface area is 164 Å². The Morgan fingerprint density at radius 3 is 2.71 bits per heavy atom. The fourth-order valence-electron chi connectivity index (χ4n) is 3.58. The van der Waals surface area contributed by atoms with Crippen molar-refractivity contribution in [1.82, 2.24) is 24.6 Å². The van der Waals surface area contributed by atoms with Gasteiger partial charge >= 0.3 is 0 Å². The van der Waals surface area contributed by atoms with Gasteiger partial charge in [0.1, 0.15) is 12.1 Å². The predicted molar refractivity (Wildman–Crippen MR) is 110 cm³/mol. The molecule has 4 rings (SSSR count). The minimum absolute atomic E-state index is 0.0267. The lowest BCUT2D eigenvalue weighted by atomic mass is 10.1. The van der Waals surface area contributed by atoms with Crippen molar-refractivity contribution in [2.24, 2.45) is 7.05 Å². The molecule has 1 amide bonds. The lowest BCUT2D eigenvalue weighted by Gasteiger charge is -2.35. The highest BCUT2D eigenvalue weighted by Gasteiger charge is 2.22. The zero-order valence-corrected chi connectivity index (χ0v) is 16.5. The summed E-state index contributed by atoms with van der Waals surface area (Å²) in [6.45, 7) is 7.69. The SMILES string of the molecule is Cc1ccc(C)c(NC(=O)CN2CCN(c3ncnc4c3cnn4C)CC2)c1. The maximum atomic E-state index is 12.5. The second-order valence-corrected chi connectivity index (χ2v) is 7.33. The lowest BCUT2D eigenvalue weighted by molar-refractivity contribution is -0.117. The van der Waals surface area contributed by atoms with E-state index in [0.717, 1.165) is 59.8 Å². The summed E-state index contributed by atoms with van der Waals surface area (Å²) in [5.74, 6) is 0.941. The van der Waals surface area contributed by atoms with E-state index in [9.17, 15) is 4.79 Å². The molecule has 146 valence electrons. The van der Waals surface area contributed by atoms with Crippen molar-refractivity contribution in [1.29, 1.82) is 0 Å². The van der Waals surface area contributed by atoms with Crippen molar-refractivity contribution < 1.29 is 4.79 Å². The summed E-state index contributed by atoms with van der Waals surface area (Å²) in [5.41, 5.74) is 3.94. The van der Waals surface area contributed by atoms with Gasteiger partial charge in [0.15, 0.2) is 5.65 Å². The summed E-state index contributed by atoms with van der Waals surface area (Å²) >= 11 is 0. The average Bonchev–Trinajstić information content (AvgIpc) is 3.07. The molecule has 3 heterocycles. The Hall–Kier alpha value is -3.00. The van der Waals surface area contributed by atoms with Crippen LogP contribution in [0.1, 0.15) is 11.1 Å². The van der Waals surface area contributed by atoms with Gasteiger partial charge in [0, 0.05) is 38.9 Å². The normalized spacial score (nSPS) is 15.2. The fraction of sp³-hybridized carbons (Fsp3) is 0.400. The van der Waals surface area contributed by atoms with Gasteiger partial charge < -0.3 is 10.2 Å². The van der Waals surface area contributed by atoms with Gasteiger partial charge in [0.25, 0.3) is 0 Å². The first-order valence-electron chi connectivity index (χ1n) is 9.48. The molecule has 0 atom stereocenters. The summed E-state index contributed by atoms with van der Waals surface area (Å²) in [6, 6.07) is 6.10. The number of aryl methyl sites for hydroxylation is 3. The summed E-state index contributed by atoms with van der Waals surface area (Å²) < 4.78 is 1.76. The van der Waals surface area contributed by atoms with Crippen LogP contribution < -0.4 is 10.2 Å². The first-order valence-corrected chi connectivity index (χ1v) is 9.48. The average molecular weight is 379 g/mol. The van der Waals surface area contributed by atoms with E-state index in [1.165, 1.54) is 0 Å². The molecule has 1 fully saturated rings. The Morgan fingerprint density at radius 1 is 1.14 bits per heavy atom. The number of nitrogens with zero attached hydrogens (tertiary/aromatic N) is 6. The van der Waals surface area contributed by atoms with Crippen LogP contribution in [-0.2, 0) is 11.8 Å². The highest BCUT2D eigenvalue weighted by atomic mass is 16.2. The van der Waals surface area contributed by atoms with Crippen molar-refractivity contribution in [3.8, 4) is 0 Å². The highest BCUT2D eigenvalue weighted by molar-refractivity contribution is 5.93. The minimum Gasteiger partial charge on any atom is -0.353 e. The van der Waals surface area contributed by atoms with E-state index in [1.807, 2.05) is 39.2 Å². The van der Waals surface area contributed by atoms with Crippen LogP contribution in [0.25, 0.3) is 11.0 Å². The zero-order valence-electron chi connectivity index (χ0n) is 16.5. The molecular weight excluding hydrogens is 354 g/mol. The highest BCUT2D eigenvalue weighted by Crippen LogP contribution is 2.23. The Kier molecular flexibility index (Phi) is 4.95. The van der Waals surface area contributed by atoms with Crippen molar-refractivity contribution in [2.75, 3.05) is 42.9 Å². The molecule has 3 aromatic rings. The number of hydrogen-bond acceptors (Lipinski definition) is 6. The number of carbonyl (C=O) groups is 1. The van der Waals surface area contributed by atoms with E-state index >= 15 is 0 Å². The van der Waals surface area contributed by atoms with Gasteiger partial charge in [-0.1, -0.05) is 12.1 Å². The second kappa shape index (κ2) is 7.55. The van der Waals surface area contributed by atoms with Crippen LogP contribution >= 0.6 is 0 Å². The van der Waals surface area contributed by atoms with Gasteiger partial charge in [0.05, 0.1) is 18.1 Å². The first kappa shape index (κ1) is 18.4. The number of aromatic nitrogens is 4. The third-order valence-electron chi connectivity index (χ3n) is 5.21. The first-order chi connectivity index (χ1) is 13.5. The molecule has 1 saturated heterocycles. The standard InChI is InChI=1S/C20H25N7O/c1-14-4-5-15(2)17(10-14)24-18(28)12-26-6-8-27(9-7-26)20-16-11-23-25(3)19(16)21-13-22-20/h4-5,10-11,13H,6-9,12H2,1-3H3,(H,24,28). The van der Waals surface area contributed by atoms with Crippen LogP contribution in [0.15, 0.2) is 30.7 Å². The zero-order chi connectivity index (χ0) is 19.7. The molecule has 0 bridgehead atoms. The Morgan fingerprint density at radius 2 is 1.93 bits per heavy atom. The van der Waals surface area contributed by atoms with Crippen molar-refractivity contribution in [3.63, 3.8) is 0 Å². The summed E-state index contributed by atoms with van der Waals surface area (Å²) in [6.07, 6.45) is 3.40. The number of fused-ring (bicyclic) bond motifs is 1. The molecule has 0 saturated carbocycles. The fourth-order valence-corrected chi connectivity index (χ4v) is 3.58. The number of nitrogens with one attached hydrogen (secondary N) is 1. The number of benzene rings is 1. The third-order valence-corrected chi connectivity index (χ3v) is 5.21. The van der Waals surface area contributed by atoms with Gasteiger partial charge in [-0.3, -0.25) is 14.4 Å². The Bertz CT molecular complexity index is 1000. The molecule has 0 radical (unpaired) electrons.